The number of hydrogen-bond donors (Lipinski definition) is 0. The standard InChI is InChI=1S/C24H33NO3/c1-3-25(4-2)17-21-15-16-22(28-21)18-27-24(26)23(19-11-7-5-8-12-19)20-13-9-6-10-14-20/h5,7-8,11-12,15-16,20,23H,3-4,6,9-10,13-14,17-18H2,1-2H3/t23-/m0/s1. The van der Waals surface area contributed by atoms with Crippen molar-refractivity contribution >= 4 is 5.97 Å². The molecule has 1 heterocycles. The molecule has 28 heavy (non-hydrogen) atoms. The molecule has 4 nitrogen and oxygen atoms in total. The molecule has 0 aliphatic heterocycles. The van der Waals surface area contributed by atoms with Gasteiger partial charge in [-0.2, -0.15) is 0 Å². The van der Waals surface area contributed by atoms with Crippen LogP contribution in [-0.4, -0.2) is 24.0 Å². The molecule has 152 valence electrons. The Hall–Kier alpha value is -2.07. The summed E-state index contributed by atoms with van der Waals surface area (Å²) in [6, 6.07) is 14.0. The largest absolute Gasteiger partial charge is 0.461 e. The minimum absolute atomic E-state index is 0.125. The fourth-order valence-corrected chi connectivity index (χ4v) is 4.21. The molecule has 1 saturated carbocycles. The van der Waals surface area contributed by atoms with Gasteiger partial charge in [0.1, 0.15) is 18.1 Å². The van der Waals surface area contributed by atoms with Crippen LogP contribution in [0.4, 0.5) is 0 Å². The minimum atomic E-state index is -0.174. The Morgan fingerprint density at radius 2 is 1.71 bits per heavy atom. The fraction of sp³-hybridized carbons (Fsp3) is 0.542. The minimum Gasteiger partial charge on any atom is -0.461 e. The van der Waals surface area contributed by atoms with Crippen LogP contribution in [0.25, 0.3) is 0 Å². The van der Waals surface area contributed by atoms with Gasteiger partial charge >= 0.3 is 5.97 Å². The van der Waals surface area contributed by atoms with Crippen LogP contribution < -0.4 is 0 Å². The van der Waals surface area contributed by atoms with Crippen molar-refractivity contribution in [3.05, 3.63) is 59.5 Å². The number of ether oxygens (including phenoxy) is 1. The number of carbonyl (C=O) groups excluding carboxylic acids is 1. The van der Waals surface area contributed by atoms with Crippen LogP contribution in [0, 0.1) is 5.92 Å². The first-order valence-electron chi connectivity index (χ1n) is 10.7. The first-order valence-corrected chi connectivity index (χ1v) is 10.7. The highest BCUT2D eigenvalue weighted by atomic mass is 16.5. The van der Waals surface area contributed by atoms with Crippen LogP contribution >= 0.6 is 0 Å². The highest BCUT2D eigenvalue weighted by Gasteiger charge is 2.32. The molecule has 0 bridgehead atoms. The smallest absolute Gasteiger partial charge is 0.314 e. The lowest BCUT2D eigenvalue weighted by Crippen LogP contribution is -2.25. The molecule has 0 N–H and O–H groups in total. The summed E-state index contributed by atoms with van der Waals surface area (Å²) in [5, 5.41) is 0. The van der Waals surface area contributed by atoms with E-state index < -0.39 is 0 Å². The zero-order valence-corrected chi connectivity index (χ0v) is 17.2. The van der Waals surface area contributed by atoms with Crippen molar-refractivity contribution in [3.63, 3.8) is 0 Å². The monoisotopic (exact) mass is 383 g/mol. The van der Waals surface area contributed by atoms with Gasteiger partial charge in [-0.15, -0.1) is 0 Å². The average molecular weight is 384 g/mol. The van der Waals surface area contributed by atoms with Crippen LogP contribution in [0.3, 0.4) is 0 Å². The first kappa shape index (κ1) is 20.7. The summed E-state index contributed by atoms with van der Waals surface area (Å²) in [5.41, 5.74) is 1.07. The van der Waals surface area contributed by atoms with Gasteiger partial charge in [-0.05, 0) is 49.5 Å². The Morgan fingerprint density at radius 3 is 2.39 bits per heavy atom. The van der Waals surface area contributed by atoms with Crippen molar-refractivity contribution in [2.45, 2.75) is 65.0 Å². The number of hydrogen-bond acceptors (Lipinski definition) is 4. The maximum Gasteiger partial charge on any atom is 0.314 e. The number of esters is 1. The van der Waals surface area contributed by atoms with E-state index in [4.69, 9.17) is 9.15 Å². The Balaban J connectivity index is 1.63. The molecule has 1 atom stereocenters. The van der Waals surface area contributed by atoms with Gasteiger partial charge in [0.2, 0.25) is 0 Å². The molecule has 2 aromatic rings. The van der Waals surface area contributed by atoms with Gasteiger partial charge in [0.05, 0.1) is 12.5 Å². The molecule has 1 fully saturated rings. The predicted octanol–water partition coefficient (Wildman–Crippen LogP) is 5.53. The lowest BCUT2D eigenvalue weighted by molar-refractivity contribution is -0.149. The van der Waals surface area contributed by atoms with Gasteiger partial charge < -0.3 is 9.15 Å². The molecule has 0 radical (unpaired) electrons. The fourth-order valence-electron chi connectivity index (χ4n) is 4.21. The number of carbonyl (C=O) groups is 1. The van der Waals surface area contributed by atoms with E-state index >= 15 is 0 Å². The van der Waals surface area contributed by atoms with E-state index in [1.54, 1.807) is 0 Å². The van der Waals surface area contributed by atoms with Crippen LogP contribution in [0.1, 0.15) is 69.0 Å². The maximum absolute atomic E-state index is 13.0. The van der Waals surface area contributed by atoms with Gasteiger partial charge in [0, 0.05) is 0 Å². The zero-order chi connectivity index (χ0) is 19.8. The summed E-state index contributed by atoms with van der Waals surface area (Å²) >= 11 is 0. The number of nitrogens with zero attached hydrogens (tertiary/aromatic N) is 1. The maximum atomic E-state index is 13.0. The van der Waals surface area contributed by atoms with E-state index in [-0.39, 0.29) is 18.5 Å². The molecule has 3 rings (SSSR count). The third kappa shape index (κ3) is 5.48. The van der Waals surface area contributed by atoms with Crippen molar-refractivity contribution in [1.82, 2.24) is 4.90 Å². The van der Waals surface area contributed by atoms with Crippen LogP contribution in [0.2, 0.25) is 0 Å². The third-order valence-corrected chi connectivity index (χ3v) is 5.88. The lowest BCUT2D eigenvalue weighted by Gasteiger charge is -2.29. The van der Waals surface area contributed by atoms with Crippen molar-refractivity contribution in [2.75, 3.05) is 13.1 Å². The second-order valence-corrected chi connectivity index (χ2v) is 7.72. The van der Waals surface area contributed by atoms with Gasteiger partial charge in [-0.3, -0.25) is 9.69 Å². The highest BCUT2D eigenvalue weighted by molar-refractivity contribution is 5.78. The number of furan rings is 1. The van der Waals surface area contributed by atoms with E-state index in [0.29, 0.717) is 11.7 Å². The summed E-state index contributed by atoms with van der Waals surface area (Å²) < 4.78 is 11.6. The molecule has 4 heteroatoms. The third-order valence-electron chi connectivity index (χ3n) is 5.88. The second kappa shape index (κ2) is 10.5. The molecule has 1 aromatic carbocycles. The number of rotatable bonds is 9. The van der Waals surface area contributed by atoms with E-state index in [2.05, 4.69) is 30.9 Å². The molecule has 1 aliphatic carbocycles. The number of benzene rings is 1. The second-order valence-electron chi connectivity index (χ2n) is 7.72. The first-order chi connectivity index (χ1) is 13.7. The molecular formula is C24H33NO3. The van der Waals surface area contributed by atoms with Crippen molar-refractivity contribution in [1.29, 1.82) is 0 Å². The van der Waals surface area contributed by atoms with Gasteiger partial charge in [0.15, 0.2) is 0 Å². The van der Waals surface area contributed by atoms with E-state index in [1.807, 2.05) is 30.3 Å². The molecule has 0 spiro atoms. The summed E-state index contributed by atoms with van der Waals surface area (Å²) in [4.78, 5) is 15.3. The molecule has 0 amide bonds. The Kier molecular flexibility index (Phi) is 7.72. The molecule has 1 aliphatic rings. The SMILES string of the molecule is CCN(CC)Cc1ccc(COC(=O)[C@@H](c2ccccc2)C2CCCCC2)o1. The topological polar surface area (TPSA) is 42.7 Å². The van der Waals surface area contributed by atoms with E-state index in [1.165, 1.54) is 19.3 Å². The van der Waals surface area contributed by atoms with Crippen LogP contribution in [-0.2, 0) is 22.7 Å². The van der Waals surface area contributed by atoms with Gasteiger partial charge in [-0.1, -0.05) is 63.4 Å². The van der Waals surface area contributed by atoms with Gasteiger partial charge in [-0.25, -0.2) is 0 Å². The van der Waals surface area contributed by atoms with Crippen molar-refractivity contribution in [2.24, 2.45) is 5.92 Å². The van der Waals surface area contributed by atoms with E-state index in [0.717, 1.165) is 43.8 Å². The summed E-state index contributed by atoms with van der Waals surface area (Å²) in [6.07, 6.45) is 5.88. The Morgan fingerprint density at radius 1 is 1.04 bits per heavy atom. The Labute approximate surface area is 168 Å². The molecule has 0 saturated heterocycles. The average Bonchev–Trinajstić information content (AvgIpc) is 3.20. The quantitative estimate of drug-likeness (QED) is 0.534. The van der Waals surface area contributed by atoms with Crippen LogP contribution in [0.5, 0.6) is 0 Å². The van der Waals surface area contributed by atoms with Gasteiger partial charge in [0.25, 0.3) is 0 Å². The summed E-state index contributed by atoms with van der Waals surface area (Å²) in [7, 11) is 0. The normalized spacial score (nSPS) is 16.2. The Bertz CT molecular complexity index is 714. The molecule has 1 aromatic heterocycles. The van der Waals surface area contributed by atoms with Crippen molar-refractivity contribution in [3.8, 4) is 0 Å². The summed E-state index contributed by atoms with van der Waals surface area (Å²) in [5.74, 6) is 1.71. The van der Waals surface area contributed by atoms with E-state index in [9.17, 15) is 4.79 Å². The molecule has 0 unspecified atom stereocenters. The highest BCUT2D eigenvalue weighted by Crippen LogP contribution is 2.37. The molecular weight excluding hydrogens is 350 g/mol. The van der Waals surface area contributed by atoms with Crippen molar-refractivity contribution < 1.29 is 13.9 Å². The summed E-state index contributed by atoms with van der Waals surface area (Å²) in [6.45, 7) is 7.25. The van der Waals surface area contributed by atoms with Crippen LogP contribution in [0.15, 0.2) is 46.9 Å². The predicted molar refractivity (Wildman–Crippen MR) is 111 cm³/mol. The zero-order valence-electron chi connectivity index (χ0n) is 17.2. The lowest BCUT2D eigenvalue weighted by atomic mass is 9.77.